The van der Waals surface area contributed by atoms with E-state index < -0.39 is 0 Å². The van der Waals surface area contributed by atoms with Crippen molar-refractivity contribution in [2.24, 2.45) is 40.4 Å². The molecule has 3 nitrogen and oxygen atoms in total. The molecule has 0 aliphatic heterocycles. The number of hydrogen-bond acceptors (Lipinski definition) is 3. The van der Waals surface area contributed by atoms with Crippen molar-refractivity contribution >= 4 is 11.6 Å². The fourth-order valence-electron chi connectivity index (χ4n) is 7.67. The van der Waals surface area contributed by atoms with Crippen LogP contribution in [0.1, 0.15) is 72.1 Å². The van der Waals surface area contributed by atoms with Gasteiger partial charge in [-0.25, -0.2) is 0 Å². The second-order valence-electron chi connectivity index (χ2n) is 9.76. The van der Waals surface area contributed by atoms with Gasteiger partial charge in [0.25, 0.3) is 0 Å². The standard InChI is InChI=1S/C21H32O3/c1-12(22)16-6-7-17-15-5-4-13-10-14(23)8-9-20(13,2)18(15)11-19(24)21(16,17)3/h13,15-19,24H,4-11H2,1-3H3/t13-,15+,16+,17-,18-,19+,20+,21+/m1/s1. The minimum atomic E-state index is -0.367. The number of ketones is 2. The summed E-state index contributed by atoms with van der Waals surface area (Å²) in [6.45, 7) is 6.30. The highest BCUT2D eigenvalue weighted by Crippen LogP contribution is 2.67. The first-order valence-electron chi connectivity index (χ1n) is 9.98. The molecule has 0 saturated heterocycles. The highest BCUT2D eigenvalue weighted by Gasteiger charge is 2.63. The second kappa shape index (κ2) is 5.40. The Hall–Kier alpha value is -0.700. The molecule has 0 bridgehead atoms. The number of rotatable bonds is 1. The molecule has 24 heavy (non-hydrogen) atoms. The molecule has 0 aromatic carbocycles. The summed E-state index contributed by atoms with van der Waals surface area (Å²) in [4.78, 5) is 24.1. The van der Waals surface area contributed by atoms with Gasteiger partial charge in [0.2, 0.25) is 0 Å². The Morgan fingerprint density at radius 3 is 2.58 bits per heavy atom. The molecule has 4 rings (SSSR count). The van der Waals surface area contributed by atoms with Crippen molar-refractivity contribution in [1.29, 1.82) is 0 Å². The average molecular weight is 332 g/mol. The minimum Gasteiger partial charge on any atom is -0.393 e. The van der Waals surface area contributed by atoms with Gasteiger partial charge in [0.1, 0.15) is 11.6 Å². The quantitative estimate of drug-likeness (QED) is 0.795. The Labute approximate surface area is 145 Å². The summed E-state index contributed by atoms with van der Waals surface area (Å²) < 4.78 is 0. The molecular formula is C21H32O3. The van der Waals surface area contributed by atoms with Crippen molar-refractivity contribution in [2.45, 2.75) is 78.2 Å². The van der Waals surface area contributed by atoms with Crippen LogP contribution in [0.2, 0.25) is 0 Å². The number of fused-ring (bicyclic) bond motifs is 5. The van der Waals surface area contributed by atoms with Crippen molar-refractivity contribution in [3.05, 3.63) is 0 Å². The lowest BCUT2D eigenvalue weighted by molar-refractivity contribution is -0.170. The summed E-state index contributed by atoms with van der Waals surface area (Å²) in [6, 6.07) is 0. The molecule has 0 spiro atoms. The average Bonchev–Trinajstić information content (AvgIpc) is 2.88. The molecule has 0 heterocycles. The lowest BCUT2D eigenvalue weighted by atomic mass is 9.44. The third-order valence-electron chi connectivity index (χ3n) is 9.08. The normalized spacial score (nSPS) is 53.9. The molecule has 0 unspecified atom stereocenters. The Kier molecular flexibility index (Phi) is 3.77. The van der Waals surface area contributed by atoms with Crippen molar-refractivity contribution in [2.75, 3.05) is 0 Å². The molecule has 8 atom stereocenters. The van der Waals surface area contributed by atoms with E-state index in [-0.39, 0.29) is 28.6 Å². The predicted molar refractivity (Wildman–Crippen MR) is 92.3 cm³/mol. The summed E-state index contributed by atoms with van der Waals surface area (Å²) >= 11 is 0. The summed E-state index contributed by atoms with van der Waals surface area (Å²) in [5, 5.41) is 11.1. The number of aliphatic hydroxyl groups excluding tert-OH is 1. The van der Waals surface area contributed by atoms with Crippen molar-refractivity contribution in [1.82, 2.24) is 0 Å². The number of aliphatic hydroxyl groups is 1. The van der Waals surface area contributed by atoms with Gasteiger partial charge < -0.3 is 5.11 Å². The first-order chi connectivity index (χ1) is 11.3. The van der Waals surface area contributed by atoms with Crippen LogP contribution in [0.25, 0.3) is 0 Å². The molecule has 4 aliphatic carbocycles. The summed E-state index contributed by atoms with van der Waals surface area (Å²) in [7, 11) is 0. The van der Waals surface area contributed by atoms with Crippen LogP contribution in [0.5, 0.6) is 0 Å². The van der Waals surface area contributed by atoms with Gasteiger partial charge in [-0.3, -0.25) is 9.59 Å². The lowest BCUT2D eigenvalue weighted by Crippen LogP contribution is -2.58. The van der Waals surface area contributed by atoms with Crippen molar-refractivity contribution < 1.29 is 14.7 Å². The van der Waals surface area contributed by atoms with Crippen LogP contribution in [0, 0.1) is 40.4 Å². The van der Waals surface area contributed by atoms with Crippen LogP contribution >= 0.6 is 0 Å². The summed E-state index contributed by atoms with van der Waals surface area (Å²) in [6.07, 6.45) is 7.36. The fourth-order valence-corrected chi connectivity index (χ4v) is 7.67. The zero-order chi connectivity index (χ0) is 17.3. The predicted octanol–water partition coefficient (Wildman–Crippen LogP) is 3.77. The van der Waals surface area contributed by atoms with E-state index in [0.29, 0.717) is 29.5 Å². The van der Waals surface area contributed by atoms with Gasteiger partial charge >= 0.3 is 0 Å². The smallest absolute Gasteiger partial charge is 0.133 e. The van der Waals surface area contributed by atoms with E-state index in [0.717, 1.165) is 44.9 Å². The summed E-state index contributed by atoms with van der Waals surface area (Å²) in [5.74, 6) is 2.91. The van der Waals surface area contributed by atoms with Crippen molar-refractivity contribution in [3.63, 3.8) is 0 Å². The van der Waals surface area contributed by atoms with Crippen LogP contribution < -0.4 is 0 Å². The van der Waals surface area contributed by atoms with E-state index in [1.165, 1.54) is 6.42 Å². The van der Waals surface area contributed by atoms with E-state index >= 15 is 0 Å². The fraction of sp³-hybridized carbons (Fsp3) is 0.905. The number of carbonyl (C=O) groups is 2. The van der Waals surface area contributed by atoms with E-state index in [1.807, 2.05) is 0 Å². The SMILES string of the molecule is CC(=O)[C@@H]1CC[C@@H]2[C@@H]3CC[C@@H]4CC(=O)CC[C@]4(C)[C@@H]3C[C@H](O)[C@]21C. The zero-order valence-corrected chi connectivity index (χ0v) is 15.4. The molecule has 134 valence electrons. The minimum absolute atomic E-state index is 0.0388. The second-order valence-corrected chi connectivity index (χ2v) is 9.76. The molecule has 0 amide bonds. The molecular weight excluding hydrogens is 300 g/mol. The maximum absolute atomic E-state index is 12.2. The topological polar surface area (TPSA) is 54.4 Å². The maximum Gasteiger partial charge on any atom is 0.133 e. The molecule has 3 heteroatoms. The van der Waals surface area contributed by atoms with Crippen LogP contribution in [-0.2, 0) is 9.59 Å². The summed E-state index contributed by atoms with van der Waals surface area (Å²) in [5.41, 5.74) is -0.00582. The molecule has 4 fully saturated rings. The third-order valence-corrected chi connectivity index (χ3v) is 9.08. The lowest BCUT2D eigenvalue weighted by Gasteiger charge is -2.61. The zero-order valence-electron chi connectivity index (χ0n) is 15.4. The van der Waals surface area contributed by atoms with Gasteiger partial charge in [-0.1, -0.05) is 13.8 Å². The van der Waals surface area contributed by atoms with Gasteiger partial charge in [-0.05, 0) is 74.5 Å². The largest absolute Gasteiger partial charge is 0.393 e. The molecule has 4 aliphatic rings. The van der Waals surface area contributed by atoms with Crippen molar-refractivity contribution in [3.8, 4) is 0 Å². The Bertz CT molecular complexity index is 569. The number of carbonyl (C=O) groups excluding carboxylic acids is 2. The van der Waals surface area contributed by atoms with Gasteiger partial charge in [0, 0.05) is 24.2 Å². The van der Waals surface area contributed by atoms with Crippen LogP contribution in [0.3, 0.4) is 0 Å². The Morgan fingerprint density at radius 2 is 1.88 bits per heavy atom. The number of Topliss-reactive ketones (excluding diaryl/α,β-unsaturated/α-hetero) is 2. The first-order valence-corrected chi connectivity index (χ1v) is 9.98. The van der Waals surface area contributed by atoms with Crippen LogP contribution in [0.4, 0.5) is 0 Å². The third kappa shape index (κ3) is 2.06. The maximum atomic E-state index is 12.2. The van der Waals surface area contributed by atoms with E-state index in [4.69, 9.17) is 0 Å². The highest BCUT2D eigenvalue weighted by molar-refractivity contribution is 5.80. The van der Waals surface area contributed by atoms with E-state index in [9.17, 15) is 14.7 Å². The van der Waals surface area contributed by atoms with Crippen LogP contribution in [0.15, 0.2) is 0 Å². The molecule has 4 saturated carbocycles. The Morgan fingerprint density at radius 1 is 1.12 bits per heavy atom. The van der Waals surface area contributed by atoms with E-state index in [1.54, 1.807) is 6.92 Å². The van der Waals surface area contributed by atoms with E-state index in [2.05, 4.69) is 13.8 Å². The Balaban J connectivity index is 1.67. The number of hydrogen-bond donors (Lipinski definition) is 1. The monoisotopic (exact) mass is 332 g/mol. The highest BCUT2D eigenvalue weighted by atomic mass is 16.3. The van der Waals surface area contributed by atoms with Gasteiger partial charge in [0.15, 0.2) is 0 Å². The molecule has 1 N–H and O–H groups in total. The van der Waals surface area contributed by atoms with Gasteiger partial charge in [0.05, 0.1) is 6.10 Å². The van der Waals surface area contributed by atoms with Gasteiger partial charge in [-0.15, -0.1) is 0 Å². The molecule has 0 aromatic heterocycles. The van der Waals surface area contributed by atoms with Gasteiger partial charge in [-0.2, -0.15) is 0 Å². The first kappa shape index (κ1) is 16.8. The molecule has 0 radical (unpaired) electrons. The molecule has 0 aromatic rings. The van der Waals surface area contributed by atoms with Crippen LogP contribution in [-0.4, -0.2) is 22.8 Å².